The Hall–Kier alpha value is -3.15. The number of hydrogen-bond donors (Lipinski definition) is 1. The Balaban J connectivity index is 1.66. The number of nitroso groups, excluding NO2 is 1. The maximum Gasteiger partial charge on any atom is 0.228 e. The van der Waals surface area contributed by atoms with Crippen LogP contribution in [0.2, 0.25) is 0 Å². The molecule has 0 saturated heterocycles. The lowest BCUT2D eigenvalue weighted by Gasteiger charge is -2.09. The van der Waals surface area contributed by atoms with E-state index < -0.39 is 0 Å². The number of nitrogens with one attached hydrogen (secondary N) is 1. The van der Waals surface area contributed by atoms with Gasteiger partial charge >= 0.3 is 0 Å². The fourth-order valence-corrected chi connectivity index (χ4v) is 2.84. The first-order valence-electron chi connectivity index (χ1n) is 8.18. The fourth-order valence-electron chi connectivity index (χ4n) is 2.84. The second kappa shape index (κ2) is 6.39. The number of aromatic nitrogens is 2. The summed E-state index contributed by atoms with van der Waals surface area (Å²) in [4.78, 5) is 31.0. The lowest BCUT2D eigenvalue weighted by atomic mass is 10.0. The summed E-state index contributed by atoms with van der Waals surface area (Å²) in [6, 6.07) is 11.6. The average Bonchev–Trinajstić information content (AvgIpc) is 3.47. The highest BCUT2D eigenvalue weighted by molar-refractivity contribution is 5.96. The van der Waals surface area contributed by atoms with Crippen LogP contribution in [0.4, 0.5) is 5.82 Å². The molecule has 1 aliphatic carbocycles. The minimum Gasteiger partial charge on any atom is -0.310 e. The molecule has 3 aromatic rings. The van der Waals surface area contributed by atoms with Crippen LogP contribution in [-0.2, 0) is 11.3 Å². The quantitative estimate of drug-likeness (QED) is 0.718. The van der Waals surface area contributed by atoms with Crippen molar-refractivity contribution in [2.75, 3.05) is 5.32 Å². The van der Waals surface area contributed by atoms with Crippen molar-refractivity contribution in [2.24, 2.45) is 11.1 Å². The Morgan fingerprint density at radius 1 is 1.16 bits per heavy atom. The smallest absolute Gasteiger partial charge is 0.228 e. The third-order valence-corrected chi connectivity index (χ3v) is 4.34. The van der Waals surface area contributed by atoms with E-state index in [9.17, 15) is 9.70 Å². The third kappa shape index (κ3) is 3.24. The number of carbonyl (C=O) groups is 1. The molecule has 0 aliphatic heterocycles. The maximum absolute atomic E-state index is 11.9. The first-order chi connectivity index (χ1) is 12.2. The molecule has 1 aromatic carbocycles. The van der Waals surface area contributed by atoms with E-state index in [1.54, 1.807) is 12.4 Å². The van der Waals surface area contributed by atoms with Gasteiger partial charge in [-0.25, -0.2) is 4.98 Å². The zero-order valence-electron chi connectivity index (χ0n) is 13.5. The molecule has 6 heteroatoms. The molecule has 0 bridgehead atoms. The molecule has 2 heterocycles. The summed E-state index contributed by atoms with van der Waals surface area (Å²) in [5.41, 5.74) is 2.49. The van der Waals surface area contributed by atoms with Gasteiger partial charge in [-0.1, -0.05) is 23.4 Å². The van der Waals surface area contributed by atoms with E-state index in [2.05, 4.69) is 20.5 Å². The van der Waals surface area contributed by atoms with Gasteiger partial charge in [0.2, 0.25) is 5.91 Å². The molecule has 1 fully saturated rings. The maximum atomic E-state index is 11.9. The minimum atomic E-state index is 0.0403. The van der Waals surface area contributed by atoms with Crippen LogP contribution in [0.1, 0.15) is 18.5 Å². The molecule has 0 unspecified atom stereocenters. The zero-order valence-corrected chi connectivity index (χ0v) is 13.5. The Kier molecular flexibility index (Phi) is 3.93. The van der Waals surface area contributed by atoms with Gasteiger partial charge in [-0.3, -0.25) is 9.78 Å². The minimum absolute atomic E-state index is 0.0403. The molecule has 2 aromatic heterocycles. The molecule has 0 spiro atoms. The van der Waals surface area contributed by atoms with Crippen molar-refractivity contribution in [1.82, 2.24) is 9.97 Å². The van der Waals surface area contributed by atoms with Gasteiger partial charge in [-0.2, -0.15) is 4.91 Å². The lowest BCUT2D eigenvalue weighted by molar-refractivity contribution is -0.117. The van der Waals surface area contributed by atoms with Crippen LogP contribution in [0, 0.1) is 10.8 Å². The summed E-state index contributed by atoms with van der Waals surface area (Å²) in [7, 11) is 0. The molecule has 4 rings (SSSR count). The Labute approximate surface area is 144 Å². The number of rotatable bonds is 5. The highest BCUT2D eigenvalue weighted by Gasteiger charge is 2.29. The largest absolute Gasteiger partial charge is 0.310 e. The van der Waals surface area contributed by atoms with E-state index in [1.165, 1.54) is 0 Å². The molecule has 1 saturated carbocycles. The van der Waals surface area contributed by atoms with Crippen LogP contribution in [0.15, 0.2) is 54.0 Å². The van der Waals surface area contributed by atoms with Gasteiger partial charge in [0.05, 0.1) is 5.69 Å². The van der Waals surface area contributed by atoms with Gasteiger partial charge in [0.1, 0.15) is 12.4 Å². The van der Waals surface area contributed by atoms with Crippen LogP contribution in [0.5, 0.6) is 0 Å². The SMILES string of the molecule is O=NCc1ncccc1-c1ccc2cc(NC(=O)C3CC3)ncc2c1. The van der Waals surface area contributed by atoms with Crippen molar-refractivity contribution in [3.63, 3.8) is 0 Å². The van der Waals surface area contributed by atoms with Crippen molar-refractivity contribution < 1.29 is 4.79 Å². The zero-order chi connectivity index (χ0) is 17.2. The van der Waals surface area contributed by atoms with Gasteiger partial charge in [0.25, 0.3) is 0 Å². The first-order valence-corrected chi connectivity index (χ1v) is 8.18. The van der Waals surface area contributed by atoms with E-state index in [4.69, 9.17) is 0 Å². The topological polar surface area (TPSA) is 84.3 Å². The Morgan fingerprint density at radius 2 is 2.04 bits per heavy atom. The van der Waals surface area contributed by atoms with Crippen LogP contribution < -0.4 is 5.32 Å². The van der Waals surface area contributed by atoms with E-state index in [0.717, 1.165) is 34.7 Å². The van der Waals surface area contributed by atoms with Crippen LogP contribution in [-0.4, -0.2) is 15.9 Å². The van der Waals surface area contributed by atoms with Crippen LogP contribution in [0.25, 0.3) is 21.9 Å². The van der Waals surface area contributed by atoms with Crippen molar-refractivity contribution in [3.05, 3.63) is 59.4 Å². The predicted octanol–water partition coefficient (Wildman–Crippen LogP) is 3.91. The number of carbonyl (C=O) groups excluding carboxylic acids is 1. The summed E-state index contributed by atoms with van der Waals surface area (Å²) in [5, 5.41) is 7.75. The summed E-state index contributed by atoms with van der Waals surface area (Å²) in [5.74, 6) is 0.768. The van der Waals surface area contributed by atoms with Crippen molar-refractivity contribution in [3.8, 4) is 11.1 Å². The van der Waals surface area contributed by atoms with E-state index in [0.29, 0.717) is 11.5 Å². The molecule has 6 nitrogen and oxygen atoms in total. The summed E-state index contributed by atoms with van der Waals surface area (Å²) in [6.07, 6.45) is 5.33. The second-order valence-electron chi connectivity index (χ2n) is 6.18. The molecular formula is C19H16N4O2. The van der Waals surface area contributed by atoms with Crippen LogP contribution >= 0.6 is 0 Å². The monoisotopic (exact) mass is 332 g/mol. The number of pyridine rings is 2. The normalized spacial score (nSPS) is 13.6. The number of fused-ring (bicyclic) bond motifs is 1. The summed E-state index contributed by atoms with van der Waals surface area (Å²) in [6.45, 7) is 0.0403. The summed E-state index contributed by atoms with van der Waals surface area (Å²) >= 11 is 0. The van der Waals surface area contributed by atoms with Gasteiger partial charge in [0.15, 0.2) is 0 Å². The Bertz CT molecular complexity index is 967. The average molecular weight is 332 g/mol. The Morgan fingerprint density at radius 3 is 2.84 bits per heavy atom. The fraction of sp³-hybridized carbons (Fsp3) is 0.211. The lowest BCUT2D eigenvalue weighted by Crippen LogP contribution is -2.14. The van der Waals surface area contributed by atoms with Gasteiger partial charge < -0.3 is 5.32 Å². The molecule has 0 radical (unpaired) electrons. The standard InChI is InChI=1S/C19H16N4O2/c24-19(12-3-4-12)23-18-9-13-5-6-14(8-15(13)10-21-18)16-2-1-7-20-17(16)11-22-25/h1-2,5-10,12H,3-4,11H2,(H,21,23,24). The number of nitrogens with zero attached hydrogens (tertiary/aromatic N) is 3. The predicted molar refractivity (Wildman–Crippen MR) is 95.8 cm³/mol. The molecule has 124 valence electrons. The molecule has 25 heavy (non-hydrogen) atoms. The highest BCUT2D eigenvalue weighted by Crippen LogP contribution is 2.31. The van der Waals surface area contributed by atoms with Crippen molar-refractivity contribution >= 4 is 22.5 Å². The second-order valence-corrected chi connectivity index (χ2v) is 6.18. The number of amides is 1. The molecule has 1 aliphatic rings. The first kappa shape index (κ1) is 15.4. The number of benzene rings is 1. The number of anilines is 1. The molecule has 0 atom stereocenters. The molecular weight excluding hydrogens is 316 g/mol. The van der Waals surface area contributed by atoms with Gasteiger partial charge in [-0.15, -0.1) is 0 Å². The van der Waals surface area contributed by atoms with E-state index in [-0.39, 0.29) is 18.4 Å². The van der Waals surface area contributed by atoms with E-state index >= 15 is 0 Å². The van der Waals surface area contributed by atoms with Crippen molar-refractivity contribution in [2.45, 2.75) is 19.4 Å². The van der Waals surface area contributed by atoms with Crippen LogP contribution in [0.3, 0.4) is 0 Å². The molecule has 1 amide bonds. The van der Waals surface area contributed by atoms with Gasteiger partial charge in [0, 0.05) is 29.3 Å². The molecule has 1 N–H and O–H groups in total. The van der Waals surface area contributed by atoms with Gasteiger partial charge in [-0.05, 0) is 42.0 Å². The number of hydrogen-bond acceptors (Lipinski definition) is 5. The third-order valence-electron chi connectivity index (χ3n) is 4.34. The van der Waals surface area contributed by atoms with Crippen molar-refractivity contribution in [1.29, 1.82) is 0 Å². The van der Waals surface area contributed by atoms with E-state index in [1.807, 2.05) is 36.4 Å². The summed E-state index contributed by atoms with van der Waals surface area (Å²) < 4.78 is 0. The highest BCUT2D eigenvalue weighted by atomic mass is 16.3.